The second-order valence-electron chi connectivity index (χ2n) is 7.60. The molecule has 2 saturated heterocycles. The van der Waals surface area contributed by atoms with E-state index in [0.29, 0.717) is 37.7 Å². The largest absolute Gasteiger partial charge is 0.481 e. The van der Waals surface area contributed by atoms with Crippen LogP contribution in [0.3, 0.4) is 0 Å². The summed E-state index contributed by atoms with van der Waals surface area (Å²) in [6, 6.07) is 3.40. The van der Waals surface area contributed by atoms with E-state index in [0.717, 1.165) is 25.2 Å². The number of pyridine rings is 1. The van der Waals surface area contributed by atoms with Crippen LogP contribution >= 0.6 is 0 Å². The summed E-state index contributed by atoms with van der Waals surface area (Å²) < 4.78 is 18.2. The van der Waals surface area contributed by atoms with E-state index in [-0.39, 0.29) is 23.1 Å². The van der Waals surface area contributed by atoms with E-state index in [1.165, 1.54) is 14.2 Å². The molecule has 4 heterocycles. The Morgan fingerprint density at radius 1 is 1.28 bits per heavy atom. The number of amides is 1. The number of ether oxygens (including phenoxy) is 3. The second kappa shape index (κ2) is 7.98. The van der Waals surface area contributed by atoms with Crippen molar-refractivity contribution in [3.8, 4) is 11.8 Å². The third-order valence-electron chi connectivity index (χ3n) is 6.19. The number of carbonyl (C=O) groups excluding carboxylic acids is 1. The van der Waals surface area contributed by atoms with Crippen molar-refractivity contribution in [1.29, 1.82) is 0 Å². The van der Waals surface area contributed by atoms with Crippen LogP contribution in [-0.2, 0) is 11.3 Å². The lowest BCUT2D eigenvalue weighted by Gasteiger charge is -2.37. The van der Waals surface area contributed by atoms with Gasteiger partial charge in [0.1, 0.15) is 17.7 Å². The monoisotopic (exact) mass is 401 g/mol. The summed E-state index contributed by atoms with van der Waals surface area (Å²) in [5.41, 5.74) is 0.384. The minimum absolute atomic E-state index is 0.0546. The molecule has 9 heteroatoms. The van der Waals surface area contributed by atoms with Gasteiger partial charge in [-0.2, -0.15) is 4.98 Å². The van der Waals surface area contributed by atoms with Gasteiger partial charge in [-0.25, -0.2) is 0 Å². The predicted octanol–water partition coefficient (Wildman–Crippen LogP) is 1.75. The number of nitrogens with zero attached hydrogens (tertiary/aromatic N) is 5. The molecular weight excluding hydrogens is 374 g/mol. The van der Waals surface area contributed by atoms with Crippen molar-refractivity contribution in [3.63, 3.8) is 0 Å². The molecule has 1 amide bonds. The highest BCUT2D eigenvalue weighted by molar-refractivity contribution is 5.96. The van der Waals surface area contributed by atoms with Crippen molar-refractivity contribution in [2.24, 2.45) is 5.41 Å². The fourth-order valence-corrected chi connectivity index (χ4v) is 4.57. The van der Waals surface area contributed by atoms with E-state index in [1.807, 2.05) is 4.90 Å². The third-order valence-corrected chi connectivity index (χ3v) is 6.19. The highest BCUT2D eigenvalue weighted by Gasteiger charge is 2.51. The van der Waals surface area contributed by atoms with Crippen molar-refractivity contribution in [2.45, 2.75) is 32.2 Å². The molecule has 0 N–H and O–H groups in total. The van der Waals surface area contributed by atoms with Gasteiger partial charge >= 0.3 is 0 Å². The molecule has 2 fully saturated rings. The van der Waals surface area contributed by atoms with Gasteiger partial charge in [0.15, 0.2) is 0 Å². The first-order valence-corrected chi connectivity index (χ1v) is 9.95. The predicted molar refractivity (Wildman–Crippen MR) is 104 cm³/mol. The summed E-state index contributed by atoms with van der Waals surface area (Å²) in [6.45, 7) is 5.53. The van der Waals surface area contributed by atoms with Crippen LogP contribution in [0.4, 0.5) is 0 Å². The molecule has 156 valence electrons. The van der Waals surface area contributed by atoms with Gasteiger partial charge in [0.05, 0.1) is 14.2 Å². The fraction of sp³-hybridized carbons (Fsp3) is 0.600. The van der Waals surface area contributed by atoms with Crippen LogP contribution in [0.15, 0.2) is 18.5 Å². The summed E-state index contributed by atoms with van der Waals surface area (Å²) >= 11 is 0. The van der Waals surface area contributed by atoms with Crippen molar-refractivity contribution in [3.05, 3.63) is 29.8 Å². The molecule has 2 aliphatic heterocycles. The van der Waals surface area contributed by atoms with Crippen LogP contribution < -0.4 is 9.47 Å². The third kappa shape index (κ3) is 3.43. The Morgan fingerprint density at radius 3 is 2.76 bits per heavy atom. The molecule has 0 bridgehead atoms. The summed E-state index contributed by atoms with van der Waals surface area (Å²) in [5, 5.41) is 8.55. The first-order chi connectivity index (χ1) is 14.1. The van der Waals surface area contributed by atoms with Gasteiger partial charge in [0, 0.05) is 50.2 Å². The Labute approximate surface area is 170 Å². The number of methoxy groups -OCH3 is 2. The molecule has 0 aromatic carbocycles. The summed E-state index contributed by atoms with van der Waals surface area (Å²) in [6.07, 6.45) is 3.56. The number of aromatic nitrogens is 4. The summed E-state index contributed by atoms with van der Waals surface area (Å²) in [5.74, 6) is 1.66. The standard InChI is InChI=1S/C20H27N5O4/c1-4-24-13-21-23-17(24)15-11-25(12-20(15)7-9-29-10-8-20)19(26)14-5-6-16(27-2)22-18(14)28-3/h5-6,13,15H,4,7-12H2,1-3H3. The van der Waals surface area contributed by atoms with Crippen LogP contribution in [0.5, 0.6) is 11.8 Å². The maximum Gasteiger partial charge on any atom is 0.259 e. The SMILES string of the molecule is CCn1cnnc1C1CN(C(=O)c2ccc(OC)nc2OC)CC12CCOCC2. The van der Waals surface area contributed by atoms with Crippen molar-refractivity contribution in [1.82, 2.24) is 24.6 Å². The number of carbonyl (C=O) groups is 1. The van der Waals surface area contributed by atoms with Crippen molar-refractivity contribution in [2.75, 3.05) is 40.5 Å². The molecule has 2 aliphatic rings. The number of hydrogen-bond acceptors (Lipinski definition) is 7. The van der Waals surface area contributed by atoms with Crippen LogP contribution in [-0.4, -0.2) is 71.1 Å². The van der Waals surface area contributed by atoms with Gasteiger partial charge in [0.25, 0.3) is 5.91 Å². The van der Waals surface area contributed by atoms with E-state index < -0.39 is 0 Å². The molecule has 0 radical (unpaired) electrons. The summed E-state index contributed by atoms with van der Waals surface area (Å²) in [7, 11) is 3.04. The maximum absolute atomic E-state index is 13.4. The lowest BCUT2D eigenvalue weighted by Crippen LogP contribution is -2.37. The van der Waals surface area contributed by atoms with Gasteiger partial charge in [0.2, 0.25) is 11.8 Å². The Hall–Kier alpha value is -2.68. The van der Waals surface area contributed by atoms with E-state index in [1.54, 1.807) is 18.5 Å². The summed E-state index contributed by atoms with van der Waals surface area (Å²) in [4.78, 5) is 19.6. The zero-order valence-corrected chi connectivity index (χ0v) is 17.1. The quantitative estimate of drug-likeness (QED) is 0.754. The average molecular weight is 401 g/mol. The number of likely N-dealkylation sites (tertiary alicyclic amines) is 1. The Bertz CT molecular complexity index is 878. The fourth-order valence-electron chi connectivity index (χ4n) is 4.57. The van der Waals surface area contributed by atoms with E-state index >= 15 is 0 Å². The Morgan fingerprint density at radius 2 is 2.07 bits per heavy atom. The topological polar surface area (TPSA) is 91.6 Å². The smallest absolute Gasteiger partial charge is 0.259 e. The lowest BCUT2D eigenvalue weighted by atomic mass is 9.71. The molecule has 2 aromatic rings. The van der Waals surface area contributed by atoms with Crippen LogP contribution in [0, 0.1) is 5.41 Å². The van der Waals surface area contributed by atoms with Crippen LogP contribution in [0.25, 0.3) is 0 Å². The van der Waals surface area contributed by atoms with Crippen LogP contribution in [0.1, 0.15) is 41.9 Å². The molecule has 1 spiro atoms. The molecular formula is C20H27N5O4. The second-order valence-corrected chi connectivity index (χ2v) is 7.60. The van der Waals surface area contributed by atoms with Crippen molar-refractivity contribution < 1.29 is 19.0 Å². The first-order valence-electron chi connectivity index (χ1n) is 9.95. The maximum atomic E-state index is 13.4. The minimum Gasteiger partial charge on any atom is -0.481 e. The molecule has 29 heavy (non-hydrogen) atoms. The molecule has 1 atom stereocenters. The highest BCUT2D eigenvalue weighted by Crippen LogP contribution is 2.49. The van der Waals surface area contributed by atoms with Gasteiger partial charge in [-0.05, 0) is 25.8 Å². The number of hydrogen-bond donors (Lipinski definition) is 0. The molecule has 2 aromatic heterocycles. The first kappa shape index (κ1) is 19.6. The number of aryl methyl sites for hydroxylation is 1. The lowest BCUT2D eigenvalue weighted by molar-refractivity contribution is 0.0107. The van der Waals surface area contributed by atoms with Crippen LogP contribution in [0.2, 0.25) is 0 Å². The van der Waals surface area contributed by atoms with Crippen molar-refractivity contribution >= 4 is 5.91 Å². The highest BCUT2D eigenvalue weighted by atomic mass is 16.5. The zero-order chi connectivity index (χ0) is 20.4. The van der Waals surface area contributed by atoms with Gasteiger partial charge in [-0.15, -0.1) is 10.2 Å². The normalized spacial score (nSPS) is 20.8. The van der Waals surface area contributed by atoms with E-state index in [2.05, 4.69) is 26.7 Å². The molecule has 0 saturated carbocycles. The molecule has 9 nitrogen and oxygen atoms in total. The van der Waals surface area contributed by atoms with E-state index in [4.69, 9.17) is 14.2 Å². The Kier molecular flexibility index (Phi) is 5.40. The average Bonchev–Trinajstić information content (AvgIpc) is 3.37. The van der Waals surface area contributed by atoms with E-state index in [9.17, 15) is 4.79 Å². The van der Waals surface area contributed by atoms with Gasteiger partial charge in [-0.3, -0.25) is 4.79 Å². The zero-order valence-electron chi connectivity index (χ0n) is 17.1. The minimum atomic E-state index is -0.0899. The molecule has 0 aliphatic carbocycles. The van der Waals surface area contributed by atoms with Gasteiger partial charge < -0.3 is 23.7 Å². The molecule has 1 unspecified atom stereocenters. The molecule has 4 rings (SSSR count). The number of rotatable bonds is 5. The Balaban J connectivity index is 1.66. The van der Waals surface area contributed by atoms with Gasteiger partial charge in [-0.1, -0.05) is 0 Å².